The summed E-state index contributed by atoms with van der Waals surface area (Å²) in [5.41, 5.74) is 1.48. The van der Waals surface area contributed by atoms with Gasteiger partial charge in [-0.2, -0.15) is 0 Å². The molecule has 154 valence electrons. The van der Waals surface area contributed by atoms with Gasteiger partial charge in [-0.1, -0.05) is 32.8 Å². The molecule has 4 amide bonds. The van der Waals surface area contributed by atoms with Crippen molar-refractivity contribution in [3.8, 4) is 0 Å². The standard InChI is InChI=1S/C21H33N5O2/c1-3-16(4-2)19(25-11-5-6-12-25)15-23-20(27)24-17-8-7-9-18(14-17)26-13-10-22-21(26)28/h7-9,14,16,19H,3-6,10-13,15H2,1-2H3,(H,22,28)(H2,23,24,27)/t19-/m0/s1. The summed E-state index contributed by atoms with van der Waals surface area (Å²) in [6, 6.07) is 7.51. The fourth-order valence-electron chi connectivity index (χ4n) is 4.34. The van der Waals surface area contributed by atoms with Gasteiger partial charge in [0.15, 0.2) is 0 Å². The zero-order valence-electron chi connectivity index (χ0n) is 17.0. The Kier molecular flexibility index (Phi) is 7.14. The molecule has 0 radical (unpaired) electrons. The molecule has 3 rings (SSSR count). The first-order valence-corrected chi connectivity index (χ1v) is 10.6. The van der Waals surface area contributed by atoms with E-state index in [1.807, 2.05) is 24.3 Å². The van der Waals surface area contributed by atoms with Crippen LogP contribution in [0.1, 0.15) is 39.5 Å². The summed E-state index contributed by atoms with van der Waals surface area (Å²) in [7, 11) is 0. The van der Waals surface area contributed by atoms with Crippen LogP contribution < -0.4 is 20.9 Å². The van der Waals surface area contributed by atoms with Gasteiger partial charge in [0.2, 0.25) is 0 Å². The monoisotopic (exact) mass is 387 g/mol. The largest absolute Gasteiger partial charge is 0.336 e. The van der Waals surface area contributed by atoms with Crippen molar-refractivity contribution in [2.75, 3.05) is 42.9 Å². The minimum Gasteiger partial charge on any atom is -0.336 e. The van der Waals surface area contributed by atoms with Crippen LogP contribution in [0.4, 0.5) is 21.0 Å². The van der Waals surface area contributed by atoms with Gasteiger partial charge in [-0.3, -0.25) is 9.80 Å². The van der Waals surface area contributed by atoms with E-state index < -0.39 is 0 Å². The minimum atomic E-state index is -0.196. The Morgan fingerprint density at radius 1 is 1.18 bits per heavy atom. The molecule has 1 aromatic carbocycles. The molecule has 1 atom stereocenters. The van der Waals surface area contributed by atoms with Crippen LogP contribution in [0.5, 0.6) is 0 Å². The number of nitrogens with zero attached hydrogens (tertiary/aromatic N) is 2. The van der Waals surface area contributed by atoms with Crippen molar-refractivity contribution in [1.82, 2.24) is 15.5 Å². The first kappa shape index (κ1) is 20.5. The summed E-state index contributed by atoms with van der Waals surface area (Å²) < 4.78 is 0. The number of amides is 4. The molecule has 2 aliphatic rings. The van der Waals surface area contributed by atoms with E-state index in [9.17, 15) is 9.59 Å². The Balaban J connectivity index is 1.57. The van der Waals surface area contributed by atoms with E-state index >= 15 is 0 Å². The number of anilines is 2. The maximum Gasteiger partial charge on any atom is 0.321 e. The van der Waals surface area contributed by atoms with Crippen LogP contribution in [0.25, 0.3) is 0 Å². The summed E-state index contributed by atoms with van der Waals surface area (Å²) >= 11 is 0. The lowest BCUT2D eigenvalue weighted by Crippen LogP contribution is -2.47. The summed E-state index contributed by atoms with van der Waals surface area (Å²) in [6.07, 6.45) is 4.75. The number of carbonyl (C=O) groups excluding carboxylic acids is 2. The van der Waals surface area contributed by atoms with Gasteiger partial charge in [-0.25, -0.2) is 9.59 Å². The Bertz CT molecular complexity index is 669. The highest BCUT2D eigenvalue weighted by atomic mass is 16.2. The molecule has 28 heavy (non-hydrogen) atoms. The predicted octanol–water partition coefficient (Wildman–Crippen LogP) is 3.24. The average Bonchev–Trinajstić information content (AvgIpc) is 3.37. The molecule has 0 aromatic heterocycles. The van der Waals surface area contributed by atoms with Gasteiger partial charge in [0.25, 0.3) is 0 Å². The van der Waals surface area contributed by atoms with Crippen LogP contribution in [0.2, 0.25) is 0 Å². The zero-order chi connectivity index (χ0) is 19.9. The Labute approximate surface area is 167 Å². The summed E-state index contributed by atoms with van der Waals surface area (Å²) in [4.78, 5) is 28.5. The number of nitrogens with one attached hydrogen (secondary N) is 3. The van der Waals surface area contributed by atoms with Crippen LogP contribution in [-0.2, 0) is 0 Å². The second kappa shape index (κ2) is 9.78. The van der Waals surface area contributed by atoms with Gasteiger partial charge in [-0.05, 0) is 50.0 Å². The number of likely N-dealkylation sites (tertiary alicyclic amines) is 1. The van der Waals surface area contributed by atoms with E-state index in [4.69, 9.17) is 0 Å². The van der Waals surface area contributed by atoms with Gasteiger partial charge in [0.05, 0.1) is 0 Å². The maximum absolute atomic E-state index is 12.5. The van der Waals surface area contributed by atoms with E-state index in [0.717, 1.165) is 31.6 Å². The van der Waals surface area contributed by atoms with Gasteiger partial charge in [0, 0.05) is 37.1 Å². The maximum atomic E-state index is 12.5. The van der Waals surface area contributed by atoms with Crippen LogP contribution in [0.15, 0.2) is 24.3 Å². The number of carbonyl (C=O) groups is 2. The highest BCUT2D eigenvalue weighted by Gasteiger charge is 2.28. The molecule has 2 heterocycles. The molecule has 2 fully saturated rings. The molecule has 7 heteroatoms. The number of hydrogen-bond acceptors (Lipinski definition) is 3. The number of urea groups is 2. The minimum absolute atomic E-state index is 0.0970. The second-order valence-electron chi connectivity index (χ2n) is 7.66. The molecular formula is C21H33N5O2. The third kappa shape index (κ3) is 4.95. The van der Waals surface area contributed by atoms with E-state index in [1.54, 1.807) is 4.90 Å². The lowest BCUT2D eigenvalue weighted by molar-refractivity contribution is 0.163. The third-order valence-electron chi connectivity index (χ3n) is 5.95. The van der Waals surface area contributed by atoms with Gasteiger partial charge in [0.1, 0.15) is 0 Å². The Morgan fingerprint density at radius 3 is 2.57 bits per heavy atom. The van der Waals surface area contributed by atoms with Crippen molar-refractivity contribution in [2.45, 2.75) is 45.6 Å². The summed E-state index contributed by atoms with van der Waals surface area (Å²) in [5, 5.41) is 8.78. The fourth-order valence-corrected chi connectivity index (χ4v) is 4.34. The summed E-state index contributed by atoms with van der Waals surface area (Å²) in [6.45, 7) is 8.67. The summed E-state index contributed by atoms with van der Waals surface area (Å²) in [5.74, 6) is 0.593. The molecule has 3 N–H and O–H groups in total. The highest BCUT2D eigenvalue weighted by Crippen LogP contribution is 2.23. The van der Waals surface area contributed by atoms with Crippen molar-refractivity contribution in [3.05, 3.63) is 24.3 Å². The number of hydrogen-bond donors (Lipinski definition) is 3. The fraction of sp³-hybridized carbons (Fsp3) is 0.619. The third-order valence-corrected chi connectivity index (χ3v) is 5.95. The van der Waals surface area contributed by atoms with Gasteiger partial charge >= 0.3 is 12.1 Å². The molecule has 0 bridgehead atoms. The Morgan fingerprint density at radius 2 is 1.93 bits per heavy atom. The first-order valence-electron chi connectivity index (χ1n) is 10.6. The van der Waals surface area contributed by atoms with Crippen LogP contribution in [0, 0.1) is 5.92 Å². The normalized spacial score (nSPS) is 18.4. The van der Waals surface area contributed by atoms with Crippen molar-refractivity contribution in [3.63, 3.8) is 0 Å². The Hall–Kier alpha value is -2.28. The first-order chi connectivity index (χ1) is 13.6. The number of rotatable bonds is 8. The highest BCUT2D eigenvalue weighted by molar-refractivity contribution is 5.95. The van der Waals surface area contributed by atoms with Crippen molar-refractivity contribution < 1.29 is 9.59 Å². The van der Waals surface area contributed by atoms with Crippen LogP contribution >= 0.6 is 0 Å². The van der Waals surface area contributed by atoms with E-state index in [2.05, 4.69) is 34.7 Å². The smallest absolute Gasteiger partial charge is 0.321 e. The molecular weight excluding hydrogens is 354 g/mol. The molecule has 0 aliphatic carbocycles. The van der Waals surface area contributed by atoms with Crippen LogP contribution in [-0.4, -0.2) is 55.7 Å². The van der Waals surface area contributed by atoms with Gasteiger partial charge < -0.3 is 16.0 Å². The van der Waals surface area contributed by atoms with E-state index in [-0.39, 0.29) is 12.1 Å². The van der Waals surface area contributed by atoms with Gasteiger partial charge in [-0.15, -0.1) is 0 Å². The second-order valence-corrected chi connectivity index (χ2v) is 7.66. The predicted molar refractivity (Wildman–Crippen MR) is 113 cm³/mol. The SMILES string of the molecule is CCC(CC)[C@H](CNC(=O)Nc1cccc(N2CCNC2=O)c1)N1CCCC1. The van der Waals surface area contributed by atoms with Crippen molar-refractivity contribution >= 4 is 23.4 Å². The molecule has 0 spiro atoms. The topological polar surface area (TPSA) is 76.7 Å². The molecule has 0 unspecified atom stereocenters. The van der Waals surface area contributed by atoms with E-state index in [0.29, 0.717) is 37.3 Å². The molecule has 2 saturated heterocycles. The molecule has 0 saturated carbocycles. The lowest BCUT2D eigenvalue weighted by Gasteiger charge is -2.33. The molecule has 7 nitrogen and oxygen atoms in total. The lowest BCUT2D eigenvalue weighted by atomic mass is 9.93. The quantitative estimate of drug-likeness (QED) is 0.641. The zero-order valence-corrected chi connectivity index (χ0v) is 17.0. The van der Waals surface area contributed by atoms with Crippen molar-refractivity contribution in [2.24, 2.45) is 5.92 Å². The average molecular weight is 388 g/mol. The number of benzene rings is 1. The van der Waals surface area contributed by atoms with Crippen LogP contribution in [0.3, 0.4) is 0 Å². The molecule has 2 aliphatic heterocycles. The van der Waals surface area contributed by atoms with Crippen molar-refractivity contribution in [1.29, 1.82) is 0 Å². The molecule has 1 aromatic rings. The van der Waals surface area contributed by atoms with E-state index in [1.165, 1.54) is 12.8 Å².